The second-order valence-electron chi connectivity index (χ2n) is 5.74. The molecule has 8 nitrogen and oxygen atoms in total. The quantitative estimate of drug-likeness (QED) is 0.551. The molecule has 0 radical (unpaired) electrons. The van der Waals surface area contributed by atoms with Crippen LogP contribution in [0, 0.1) is 0 Å². The molecule has 0 aliphatic carbocycles. The first-order valence-corrected chi connectivity index (χ1v) is 9.62. The minimum atomic E-state index is -3.00. The SMILES string of the molecule is CS(=O)(=O)CCNCc1ccc(-c2ccc3[nH]c(=O)[nH]c(=O)c3c2)o1. The molecule has 0 spiro atoms. The molecule has 2 aromatic heterocycles. The summed E-state index contributed by atoms with van der Waals surface area (Å²) in [5.41, 5.74) is 0.139. The standard InChI is InChI=1S/C16H17N3O5S/c1-25(22,23)7-6-17-9-11-3-5-14(24-11)10-2-4-13-12(8-10)15(20)19-16(21)18-13/h2-5,8,17H,6-7,9H2,1H3,(H2,18,19,20,21). The molecule has 132 valence electrons. The van der Waals surface area contributed by atoms with E-state index in [-0.39, 0.29) is 5.75 Å². The Hall–Kier alpha value is -2.65. The summed E-state index contributed by atoms with van der Waals surface area (Å²) >= 11 is 0. The lowest BCUT2D eigenvalue weighted by Gasteiger charge is -2.02. The number of hydrogen-bond donors (Lipinski definition) is 3. The maximum Gasteiger partial charge on any atom is 0.326 e. The Morgan fingerprint density at radius 1 is 1.12 bits per heavy atom. The van der Waals surface area contributed by atoms with Crippen molar-refractivity contribution in [3.63, 3.8) is 0 Å². The molecule has 3 rings (SSSR count). The highest BCUT2D eigenvalue weighted by molar-refractivity contribution is 7.90. The van der Waals surface area contributed by atoms with Crippen molar-refractivity contribution in [1.29, 1.82) is 0 Å². The molecule has 0 aliphatic heterocycles. The summed E-state index contributed by atoms with van der Waals surface area (Å²) in [6.45, 7) is 0.741. The van der Waals surface area contributed by atoms with Crippen LogP contribution in [-0.4, -0.2) is 36.9 Å². The molecule has 0 unspecified atom stereocenters. The van der Waals surface area contributed by atoms with Gasteiger partial charge in [-0.3, -0.25) is 9.78 Å². The van der Waals surface area contributed by atoms with Crippen LogP contribution in [0.4, 0.5) is 0 Å². The summed E-state index contributed by atoms with van der Waals surface area (Å²) in [4.78, 5) is 27.9. The highest BCUT2D eigenvalue weighted by Gasteiger charge is 2.08. The van der Waals surface area contributed by atoms with Crippen LogP contribution in [0.2, 0.25) is 0 Å². The van der Waals surface area contributed by atoms with Gasteiger partial charge in [-0.1, -0.05) is 0 Å². The summed E-state index contributed by atoms with van der Waals surface area (Å²) in [6, 6.07) is 8.59. The number of sulfone groups is 1. The van der Waals surface area contributed by atoms with Gasteiger partial charge in [-0.05, 0) is 30.3 Å². The van der Waals surface area contributed by atoms with Crippen molar-refractivity contribution in [3.05, 3.63) is 56.9 Å². The monoisotopic (exact) mass is 363 g/mol. The number of rotatable bonds is 6. The van der Waals surface area contributed by atoms with E-state index in [0.717, 1.165) is 0 Å². The maximum atomic E-state index is 11.9. The third-order valence-electron chi connectivity index (χ3n) is 3.63. The van der Waals surface area contributed by atoms with Crippen molar-refractivity contribution in [2.75, 3.05) is 18.6 Å². The van der Waals surface area contributed by atoms with E-state index in [1.165, 1.54) is 6.26 Å². The van der Waals surface area contributed by atoms with Crippen LogP contribution in [0.1, 0.15) is 5.76 Å². The molecule has 25 heavy (non-hydrogen) atoms. The van der Waals surface area contributed by atoms with Crippen molar-refractivity contribution in [2.45, 2.75) is 6.54 Å². The van der Waals surface area contributed by atoms with Gasteiger partial charge in [0.2, 0.25) is 0 Å². The molecular formula is C16H17N3O5S. The summed E-state index contributed by atoms with van der Waals surface area (Å²) in [5.74, 6) is 1.29. The molecule has 0 amide bonds. The lowest BCUT2D eigenvalue weighted by atomic mass is 10.1. The van der Waals surface area contributed by atoms with Crippen molar-refractivity contribution in [1.82, 2.24) is 15.3 Å². The van der Waals surface area contributed by atoms with Crippen molar-refractivity contribution >= 4 is 20.7 Å². The van der Waals surface area contributed by atoms with E-state index in [1.807, 2.05) is 0 Å². The molecule has 9 heteroatoms. The smallest absolute Gasteiger partial charge is 0.326 e. The number of benzene rings is 1. The van der Waals surface area contributed by atoms with E-state index in [4.69, 9.17) is 4.42 Å². The molecule has 0 bridgehead atoms. The topological polar surface area (TPSA) is 125 Å². The van der Waals surface area contributed by atoms with Gasteiger partial charge in [0, 0.05) is 18.4 Å². The lowest BCUT2D eigenvalue weighted by molar-refractivity contribution is 0.498. The van der Waals surface area contributed by atoms with E-state index in [9.17, 15) is 18.0 Å². The van der Waals surface area contributed by atoms with Gasteiger partial charge in [-0.25, -0.2) is 13.2 Å². The zero-order valence-corrected chi connectivity index (χ0v) is 14.3. The lowest BCUT2D eigenvalue weighted by Crippen LogP contribution is -2.21. The first-order chi connectivity index (χ1) is 11.8. The highest BCUT2D eigenvalue weighted by Crippen LogP contribution is 2.24. The van der Waals surface area contributed by atoms with Crippen molar-refractivity contribution < 1.29 is 12.8 Å². The van der Waals surface area contributed by atoms with Crippen LogP contribution in [0.25, 0.3) is 22.2 Å². The fourth-order valence-electron chi connectivity index (χ4n) is 2.42. The Morgan fingerprint density at radius 2 is 1.92 bits per heavy atom. The minimum Gasteiger partial charge on any atom is -0.460 e. The van der Waals surface area contributed by atoms with E-state index >= 15 is 0 Å². The fraction of sp³-hybridized carbons (Fsp3) is 0.250. The highest BCUT2D eigenvalue weighted by atomic mass is 32.2. The maximum absolute atomic E-state index is 11.9. The van der Waals surface area contributed by atoms with Gasteiger partial charge in [-0.15, -0.1) is 0 Å². The molecular weight excluding hydrogens is 346 g/mol. The largest absolute Gasteiger partial charge is 0.460 e. The first-order valence-electron chi connectivity index (χ1n) is 7.56. The number of H-pyrrole nitrogens is 2. The number of furan rings is 1. The van der Waals surface area contributed by atoms with Crippen molar-refractivity contribution in [2.24, 2.45) is 0 Å². The summed E-state index contributed by atoms with van der Waals surface area (Å²) in [6.07, 6.45) is 1.19. The van der Waals surface area contributed by atoms with Crippen molar-refractivity contribution in [3.8, 4) is 11.3 Å². The molecule has 0 aliphatic rings. The molecule has 0 fully saturated rings. The Morgan fingerprint density at radius 3 is 2.68 bits per heavy atom. The van der Waals surface area contributed by atoms with Crippen LogP contribution < -0.4 is 16.6 Å². The summed E-state index contributed by atoms with van der Waals surface area (Å²) in [5, 5.41) is 3.36. The second kappa shape index (κ2) is 6.69. The predicted molar refractivity (Wildman–Crippen MR) is 94.3 cm³/mol. The Bertz CT molecular complexity index is 1120. The number of aromatic nitrogens is 2. The molecule has 3 aromatic rings. The second-order valence-corrected chi connectivity index (χ2v) is 8.00. The predicted octanol–water partition coefficient (Wildman–Crippen LogP) is 0.611. The van der Waals surface area contributed by atoms with Gasteiger partial charge in [0.1, 0.15) is 21.4 Å². The summed E-state index contributed by atoms with van der Waals surface area (Å²) in [7, 11) is -3.00. The van der Waals surface area contributed by atoms with Crippen LogP contribution in [-0.2, 0) is 16.4 Å². The average Bonchev–Trinajstić information content (AvgIpc) is 2.99. The average molecular weight is 363 g/mol. The molecule has 3 N–H and O–H groups in total. The fourth-order valence-corrected chi connectivity index (χ4v) is 2.93. The van der Waals surface area contributed by atoms with E-state index < -0.39 is 21.1 Å². The number of fused-ring (bicyclic) bond motifs is 1. The number of hydrogen-bond acceptors (Lipinski definition) is 6. The number of aromatic amines is 2. The summed E-state index contributed by atoms with van der Waals surface area (Å²) < 4.78 is 27.9. The molecule has 1 aromatic carbocycles. The number of nitrogens with one attached hydrogen (secondary N) is 3. The van der Waals surface area contributed by atoms with Gasteiger partial charge in [0.15, 0.2) is 0 Å². The van der Waals surface area contributed by atoms with Gasteiger partial charge in [-0.2, -0.15) is 0 Å². The normalized spacial score (nSPS) is 11.9. The molecule has 0 saturated carbocycles. The van der Waals surface area contributed by atoms with Crippen LogP contribution >= 0.6 is 0 Å². The van der Waals surface area contributed by atoms with Crippen LogP contribution in [0.15, 0.2) is 44.3 Å². The Labute approximate surface area is 142 Å². The van der Waals surface area contributed by atoms with E-state index in [2.05, 4.69) is 15.3 Å². The third kappa shape index (κ3) is 4.25. The van der Waals surface area contributed by atoms with E-state index in [0.29, 0.717) is 41.1 Å². The Kier molecular flexibility index (Phi) is 4.60. The zero-order valence-electron chi connectivity index (χ0n) is 13.5. The minimum absolute atomic E-state index is 0.0617. The molecule has 0 atom stereocenters. The first kappa shape index (κ1) is 17.2. The third-order valence-corrected chi connectivity index (χ3v) is 4.58. The Balaban J connectivity index is 1.77. The van der Waals surface area contributed by atoms with Crippen LogP contribution in [0.5, 0.6) is 0 Å². The zero-order chi connectivity index (χ0) is 18.0. The van der Waals surface area contributed by atoms with Gasteiger partial charge >= 0.3 is 5.69 Å². The van der Waals surface area contributed by atoms with Gasteiger partial charge in [0.05, 0.1) is 23.2 Å². The van der Waals surface area contributed by atoms with Gasteiger partial charge < -0.3 is 14.7 Å². The van der Waals surface area contributed by atoms with Crippen LogP contribution in [0.3, 0.4) is 0 Å². The van der Waals surface area contributed by atoms with Gasteiger partial charge in [0.25, 0.3) is 5.56 Å². The van der Waals surface area contributed by atoms with E-state index in [1.54, 1.807) is 30.3 Å². The molecule has 2 heterocycles. The molecule has 0 saturated heterocycles.